The van der Waals surface area contributed by atoms with Crippen molar-refractivity contribution in [2.24, 2.45) is 4.99 Å². The third-order valence-electron chi connectivity index (χ3n) is 4.09. The second kappa shape index (κ2) is 10.4. The van der Waals surface area contributed by atoms with Crippen LogP contribution >= 0.6 is 24.0 Å². The highest BCUT2D eigenvalue weighted by molar-refractivity contribution is 14.0. The Labute approximate surface area is 187 Å². The number of nitrogens with one attached hydrogen (secondary N) is 2. The molecule has 2 N–H and O–H groups in total. The number of benzene rings is 1. The highest BCUT2D eigenvalue weighted by Gasteiger charge is 2.33. The highest BCUT2D eigenvalue weighted by atomic mass is 127. The molecule has 0 aliphatic rings. The van der Waals surface area contributed by atoms with Gasteiger partial charge in [0.25, 0.3) is 0 Å². The molecule has 2 aromatic heterocycles. The predicted molar refractivity (Wildman–Crippen MR) is 115 cm³/mol. The van der Waals surface area contributed by atoms with Crippen molar-refractivity contribution >= 4 is 29.9 Å². The minimum absolute atomic E-state index is 0. The molecule has 11 heteroatoms. The summed E-state index contributed by atoms with van der Waals surface area (Å²) < 4.78 is 54.2. The predicted octanol–water partition coefficient (Wildman–Crippen LogP) is 3.91. The zero-order valence-corrected chi connectivity index (χ0v) is 18.1. The Kier molecular flexibility index (Phi) is 8.15. The Morgan fingerprint density at radius 1 is 1.13 bits per heavy atom. The third kappa shape index (κ3) is 6.15. The number of hydrogen-bond donors (Lipinski definition) is 2. The van der Waals surface area contributed by atoms with Crippen LogP contribution in [0.25, 0.3) is 5.82 Å². The fraction of sp³-hybridized carbons (Fsp3) is 0.211. The molecule has 3 aromatic rings. The van der Waals surface area contributed by atoms with E-state index < -0.39 is 17.6 Å². The van der Waals surface area contributed by atoms with Crippen molar-refractivity contribution in [3.05, 3.63) is 77.8 Å². The summed E-state index contributed by atoms with van der Waals surface area (Å²) >= 11 is 0. The van der Waals surface area contributed by atoms with E-state index in [1.807, 2.05) is 12.1 Å². The lowest BCUT2D eigenvalue weighted by Crippen LogP contribution is -2.36. The van der Waals surface area contributed by atoms with Crippen LogP contribution in [0.1, 0.15) is 16.7 Å². The molecule has 0 aliphatic heterocycles. The smallest absolute Gasteiger partial charge is 0.352 e. The van der Waals surface area contributed by atoms with E-state index in [2.05, 4.69) is 25.6 Å². The molecular formula is C19H19F4IN6. The van der Waals surface area contributed by atoms with Gasteiger partial charge in [0, 0.05) is 38.7 Å². The van der Waals surface area contributed by atoms with E-state index in [1.54, 1.807) is 29.5 Å². The maximum atomic E-state index is 13.2. The zero-order chi connectivity index (χ0) is 20.9. The number of nitrogens with zero attached hydrogens (tertiary/aromatic N) is 4. The summed E-state index contributed by atoms with van der Waals surface area (Å²) in [5.41, 5.74) is -0.234. The standard InChI is InChI=1S/C19H18F4N6.HI/c1-24-18(28-11-14-3-4-15(20)8-16(14)19(21,22)23)27-10-13-2-5-17(26-9-13)29-7-6-25-12-29;/h2-9,12H,10-11H2,1H3,(H2,24,27,28);1H. The molecular weight excluding hydrogens is 515 g/mol. The summed E-state index contributed by atoms with van der Waals surface area (Å²) in [6.07, 6.45) is 2.10. The number of guanidine groups is 1. The number of halogens is 5. The first-order chi connectivity index (χ1) is 13.9. The molecule has 0 saturated carbocycles. The van der Waals surface area contributed by atoms with Crippen molar-refractivity contribution in [3.63, 3.8) is 0 Å². The largest absolute Gasteiger partial charge is 0.416 e. The van der Waals surface area contributed by atoms with Gasteiger partial charge in [0.15, 0.2) is 5.96 Å². The number of imidazole rings is 1. The van der Waals surface area contributed by atoms with Crippen LogP contribution in [-0.2, 0) is 19.3 Å². The fourth-order valence-corrected chi connectivity index (χ4v) is 2.62. The summed E-state index contributed by atoms with van der Waals surface area (Å²) in [7, 11) is 1.51. The normalized spacial score (nSPS) is 11.7. The average molecular weight is 534 g/mol. The molecule has 2 heterocycles. The Morgan fingerprint density at radius 3 is 2.50 bits per heavy atom. The average Bonchev–Trinajstić information content (AvgIpc) is 3.23. The summed E-state index contributed by atoms with van der Waals surface area (Å²) in [6, 6.07) is 6.28. The van der Waals surface area contributed by atoms with Crippen molar-refractivity contribution in [2.45, 2.75) is 19.3 Å². The van der Waals surface area contributed by atoms with E-state index in [-0.39, 0.29) is 36.1 Å². The molecule has 0 aliphatic carbocycles. The van der Waals surface area contributed by atoms with Crippen LogP contribution < -0.4 is 10.6 Å². The second-order valence-corrected chi connectivity index (χ2v) is 6.07. The van der Waals surface area contributed by atoms with Gasteiger partial charge < -0.3 is 10.6 Å². The molecule has 0 bridgehead atoms. The first kappa shape index (κ1) is 23.6. The van der Waals surface area contributed by atoms with E-state index in [9.17, 15) is 17.6 Å². The number of hydrogen-bond acceptors (Lipinski definition) is 3. The van der Waals surface area contributed by atoms with Crippen LogP contribution in [0.3, 0.4) is 0 Å². The molecule has 30 heavy (non-hydrogen) atoms. The highest BCUT2D eigenvalue weighted by Crippen LogP contribution is 2.32. The molecule has 0 unspecified atom stereocenters. The SMILES string of the molecule is CN=C(NCc1ccc(-n2ccnc2)nc1)NCc1ccc(F)cc1C(F)(F)F.I. The number of aliphatic imine (C=N–C) groups is 1. The molecule has 1 aromatic carbocycles. The minimum atomic E-state index is -4.64. The van der Waals surface area contributed by atoms with Gasteiger partial charge in [0.1, 0.15) is 18.0 Å². The van der Waals surface area contributed by atoms with Gasteiger partial charge in [0.05, 0.1) is 5.56 Å². The molecule has 0 amide bonds. The minimum Gasteiger partial charge on any atom is -0.352 e. The van der Waals surface area contributed by atoms with Crippen molar-refractivity contribution in [1.82, 2.24) is 25.2 Å². The van der Waals surface area contributed by atoms with E-state index in [4.69, 9.17) is 0 Å². The Hall–Kier alpha value is -2.70. The van der Waals surface area contributed by atoms with Gasteiger partial charge in [0.2, 0.25) is 0 Å². The molecule has 0 saturated heterocycles. The monoisotopic (exact) mass is 534 g/mol. The van der Waals surface area contributed by atoms with E-state index in [1.165, 1.54) is 7.05 Å². The summed E-state index contributed by atoms with van der Waals surface area (Å²) in [4.78, 5) is 12.3. The van der Waals surface area contributed by atoms with Crippen LogP contribution in [0.4, 0.5) is 17.6 Å². The number of pyridine rings is 1. The maximum Gasteiger partial charge on any atom is 0.416 e. The van der Waals surface area contributed by atoms with Gasteiger partial charge in [-0.3, -0.25) is 9.56 Å². The van der Waals surface area contributed by atoms with Crippen LogP contribution in [0.5, 0.6) is 0 Å². The van der Waals surface area contributed by atoms with Gasteiger partial charge in [-0.2, -0.15) is 13.2 Å². The summed E-state index contributed by atoms with van der Waals surface area (Å²) in [5, 5.41) is 5.81. The molecule has 6 nitrogen and oxygen atoms in total. The first-order valence-corrected chi connectivity index (χ1v) is 8.60. The lowest BCUT2D eigenvalue weighted by atomic mass is 10.1. The summed E-state index contributed by atoms with van der Waals surface area (Å²) in [5.74, 6) is 0.0844. The molecule has 0 fully saturated rings. The van der Waals surface area contributed by atoms with Crippen LogP contribution in [0.15, 0.2) is 60.2 Å². The van der Waals surface area contributed by atoms with Crippen LogP contribution in [0.2, 0.25) is 0 Å². The van der Waals surface area contributed by atoms with Crippen molar-refractivity contribution in [3.8, 4) is 5.82 Å². The Balaban J connectivity index is 0.00000320. The molecule has 0 spiro atoms. The van der Waals surface area contributed by atoms with Crippen LogP contribution in [0, 0.1) is 5.82 Å². The summed E-state index contributed by atoms with van der Waals surface area (Å²) in [6.45, 7) is 0.207. The Morgan fingerprint density at radius 2 is 1.90 bits per heavy atom. The quantitative estimate of drug-likeness (QED) is 0.226. The topological polar surface area (TPSA) is 67.1 Å². The van der Waals surface area contributed by atoms with Gasteiger partial charge in [-0.05, 0) is 29.3 Å². The number of alkyl halides is 3. The fourth-order valence-electron chi connectivity index (χ4n) is 2.62. The van der Waals surface area contributed by atoms with E-state index in [0.717, 1.165) is 17.7 Å². The van der Waals surface area contributed by atoms with Crippen molar-refractivity contribution < 1.29 is 17.6 Å². The number of aromatic nitrogens is 3. The maximum absolute atomic E-state index is 13.2. The Bertz CT molecular complexity index is 972. The first-order valence-electron chi connectivity index (χ1n) is 8.60. The van der Waals surface area contributed by atoms with Crippen LogP contribution in [-0.4, -0.2) is 27.5 Å². The van der Waals surface area contributed by atoms with Gasteiger partial charge in [-0.25, -0.2) is 14.4 Å². The third-order valence-corrected chi connectivity index (χ3v) is 4.09. The zero-order valence-electron chi connectivity index (χ0n) is 15.8. The van der Waals surface area contributed by atoms with E-state index >= 15 is 0 Å². The van der Waals surface area contributed by atoms with Crippen molar-refractivity contribution in [1.29, 1.82) is 0 Å². The number of rotatable bonds is 5. The van der Waals surface area contributed by atoms with E-state index in [0.29, 0.717) is 24.4 Å². The lowest BCUT2D eigenvalue weighted by molar-refractivity contribution is -0.138. The molecule has 0 radical (unpaired) electrons. The van der Waals surface area contributed by atoms with Crippen molar-refractivity contribution in [2.75, 3.05) is 7.05 Å². The molecule has 160 valence electrons. The van der Waals surface area contributed by atoms with Gasteiger partial charge >= 0.3 is 6.18 Å². The van der Waals surface area contributed by atoms with Gasteiger partial charge in [-0.15, -0.1) is 24.0 Å². The molecule has 0 atom stereocenters. The lowest BCUT2D eigenvalue weighted by Gasteiger charge is -2.16. The molecule has 3 rings (SSSR count). The van der Waals surface area contributed by atoms with Gasteiger partial charge in [-0.1, -0.05) is 12.1 Å². The second-order valence-electron chi connectivity index (χ2n) is 6.07.